The Balaban J connectivity index is 1.58. The first kappa shape index (κ1) is 15.3. The second kappa shape index (κ2) is 6.32. The third kappa shape index (κ3) is 3.19. The lowest BCUT2D eigenvalue weighted by Gasteiger charge is -2.07. The zero-order chi connectivity index (χ0) is 17.2. The Morgan fingerprint density at radius 3 is 2.60 bits per heavy atom. The van der Waals surface area contributed by atoms with E-state index >= 15 is 0 Å². The molecule has 0 saturated heterocycles. The van der Waals surface area contributed by atoms with Crippen LogP contribution in [0.2, 0.25) is 0 Å². The van der Waals surface area contributed by atoms with Crippen LogP contribution in [-0.4, -0.2) is 10.9 Å². The van der Waals surface area contributed by atoms with Crippen molar-refractivity contribution >= 4 is 27.6 Å². The van der Waals surface area contributed by atoms with Gasteiger partial charge in [-0.1, -0.05) is 24.3 Å². The number of hydrogen-bond acceptors (Lipinski definition) is 2. The summed E-state index contributed by atoms with van der Waals surface area (Å²) in [5, 5.41) is 5.97. The lowest BCUT2D eigenvalue weighted by Crippen LogP contribution is -2.22. The molecule has 1 amide bonds. The van der Waals surface area contributed by atoms with Crippen LogP contribution in [0.4, 0.5) is 4.39 Å². The van der Waals surface area contributed by atoms with E-state index in [-0.39, 0.29) is 11.7 Å². The summed E-state index contributed by atoms with van der Waals surface area (Å²) in [5.74, 6) is -0.446. The van der Waals surface area contributed by atoms with Gasteiger partial charge in [0.1, 0.15) is 5.82 Å². The number of amides is 1. The third-order valence-corrected chi connectivity index (χ3v) is 4.19. The van der Waals surface area contributed by atoms with Crippen molar-refractivity contribution in [2.75, 3.05) is 0 Å². The number of pyridine rings is 1. The summed E-state index contributed by atoms with van der Waals surface area (Å²) in [4.78, 5) is 16.7. The molecule has 25 heavy (non-hydrogen) atoms. The predicted octanol–water partition coefficient (Wildman–Crippen LogP) is 4.46. The fourth-order valence-corrected chi connectivity index (χ4v) is 2.85. The van der Waals surface area contributed by atoms with Gasteiger partial charge in [0.05, 0.1) is 5.52 Å². The number of benzene rings is 3. The lowest BCUT2D eigenvalue weighted by atomic mass is 10.0. The van der Waals surface area contributed by atoms with Gasteiger partial charge in [0.15, 0.2) is 0 Å². The second-order valence-corrected chi connectivity index (χ2v) is 5.92. The molecule has 0 aliphatic heterocycles. The van der Waals surface area contributed by atoms with Crippen LogP contribution >= 0.6 is 0 Å². The largest absolute Gasteiger partial charge is 0.348 e. The number of hydrogen-bond donors (Lipinski definition) is 1. The average molecular weight is 330 g/mol. The molecule has 1 aromatic heterocycles. The Morgan fingerprint density at radius 2 is 1.76 bits per heavy atom. The number of aromatic nitrogens is 1. The van der Waals surface area contributed by atoms with Crippen LogP contribution in [0.25, 0.3) is 21.7 Å². The standard InChI is InChI=1S/C21H15FN2O/c22-19-7-3-14(4-8-19)13-24-21(25)17-6-5-15-10-16-2-1-9-23-20(16)12-18(15)11-17/h1-12H,13H2,(H,24,25). The van der Waals surface area contributed by atoms with E-state index in [0.717, 1.165) is 27.2 Å². The second-order valence-electron chi connectivity index (χ2n) is 5.92. The first-order valence-electron chi connectivity index (χ1n) is 8.00. The molecular weight excluding hydrogens is 315 g/mol. The molecule has 0 fully saturated rings. The van der Waals surface area contributed by atoms with E-state index < -0.39 is 0 Å². The van der Waals surface area contributed by atoms with E-state index in [1.165, 1.54) is 12.1 Å². The van der Waals surface area contributed by atoms with Gasteiger partial charge in [0.25, 0.3) is 5.91 Å². The summed E-state index contributed by atoms with van der Waals surface area (Å²) in [7, 11) is 0. The van der Waals surface area contributed by atoms with Gasteiger partial charge in [-0.3, -0.25) is 9.78 Å². The monoisotopic (exact) mass is 330 g/mol. The Labute approximate surface area is 144 Å². The normalized spacial score (nSPS) is 10.9. The molecule has 0 unspecified atom stereocenters. The first-order chi connectivity index (χ1) is 12.2. The number of nitrogens with zero attached hydrogens (tertiary/aromatic N) is 1. The van der Waals surface area contributed by atoms with Crippen molar-refractivity contribution in [3.05, 3.63) is 89.9 Å². The van der Waals surface area contributed by atoms with E-state index in [2.05, 4.69) is 16.4 Å². The van der Waals surface area contributed by atoms with E-state index in [9.17, 15) is 9.18 Å². The SMILES string of the molecule is O=C(NCc1ccc(F)cc1)c1ccc2cc3cccnc3cc2c1. The fraction of sp³-hybridized carbons (Fsp3) is 0.0476. The van der Waals surface area contributed by atoms with Crippen LogP contribution in [0.5, 0.6) is 0 Å². The highest BCUT2D eigenvalue weighted by atomic mass is 19.1. The topological polar surface area (TPSA) is 42.0 Å². The van der Waals surface area contributed by atoms with Crippen molar-refractivity contribution in [1.29, 1.82) is 0 Å². The van der Waals surface area contributed by atoms with E-state index in [4.69, 9.17) is 0 Å². The number of halogens is 1. The van der Waals surface area contributed by atoms with Gasteiger partial charge < -0.3 is 5.32 Å². The molecule has 1 heterocycles. The number of rotatable bonds is 3. The molecule has 3 aromatic carbocycles. The molecule has 0 aliphatic rings. The van der Waals surface area contributed by atoms with Gasteiger partial charge >= 0.3 is 0 Å². The molecular formula is C21H15FN2O. The molecule has 4 aromatic rings. The number of carbonyl (C=O) groups is 1. The highest BCUT2D eigenvalue weighted by molar-refractivity contribution is 6.02. The quantitative estimate of drug-likeness (QED) is 0.564. The number of fused-ring (bicyclic) bond motifs is 2. The van der Waals surface area contributed by atoms with Crippen LogP contribution in [-0.2, 0) is 6.54 Å². The van der Waals surface area contributed by atoms with Crippen molar-refractivity contribution in [3.8, 4) is 0 Å². The Morgan fingerprint density at radius 1 is 0.920 bits per heavy atom. The molecule has 122 valence electrons. The van der Waals surface area contributed by atoms with E-state index in [1.807, 2.05) is 36.4 Å². The highest BCUT2D eigenvalue weighted by Crippen LogP contribution is 2.22. The Bertz CT molecular complexity index is 1070. The summed E-state index contributed by atoms with van der Waals surface area (Å²) in [6, 6.07) is 19.7. The van der Waals surface area contributed by atoms with Crippen LogP contribution in [0.3, 0.4) is 0 Å². The maximum absolute atomic E-state index is 12.9. The first-order valence-corrected chi connectivity index (χ1v) is 8.00. The zero-order valence-electron chi connectivity index (χ0n) is 13.4. The minimum atomic E-state index is -0.287. The van der Waals surface area contributed by atoms with Crippen LogP contribution in [0, 0.1) is 5.82 Å². The molecule has 0 atom stereocenters. The van der Waals surface area contributed by atoms with E-state index in [1.54, 1.807) is 18.3 Å². The molecule has 0 aliphatic carbocycles. The molecule has 0 spiro atoms. The maximum Gasteiger partial charge on any atom is 0.251 e. The van der Waals surface area contributed by atoms with Crippen molar-refractivity contribution in [2.45, 2.75) is 6.54 Å². The van der Waals surface area contributed by atoms with Crippen molar-refractivity contribution in [2.24, 2.45) is 0 Å². The summed E-state index contributed by atoms with van der Waals surface area (Å²) >= 11 is 0. The van der Waals surface area contributed by atoms with Crippen molar-refractivity contribution in [1.82, 2.24) is 10.3 Å². The summed E-state index contributed by atoms with van der Waals surface area (Å²) in [6.45, 7) is 0.358. The zero-order valence-corrected chi connectivity index (χ0v) is 13.4. The van der Waals surface area contributed by atoms with Crippen molar-refractivity contribution in [3.63, 3.8) is 0 Å². The summed E-state index contributed by atoms with van der Waals surface area (Å²) in [6.07, 6.45) is 1.76. The smallest absolute Gasteiger partial charge is 0.251 e. The molecule has 3 nitrogen and oxygen atoms in total. The Kier molecular flexibility index (Phi) is 3.86. The van der Waals surface area contributed by atoms with Crippen LogP contribution in [0.15, 0.2) is 72.9 Å². The molecule has 0 radical (unpaired) electrons. The lowest BCUT2D eigenvalue weighted by molar-refractivity contribution is 0.0951. The van der Waals surface area contributed by atoms with Crippen LogP contribution < -0.4 is 5.32 Å². The van der Waals surface area contributed by atoms with Gasteiger partial charge in [-0.25, -0.2) is 4.39 Å². The molecule has 4 heteroatoms. The van der Waals surface area contributed by atoms with Gasteiger partial charge in [0.2, 0.25) is 0 Å². The highest BCUT2D eigenvalue weighted by Gasteiger charge is 2.07. The van der Waals surface area contributed by atoms with E-state index in [0.29, 0.717) is 12.1 Å². The van der Waals surface area contributed by atoms with Gasteiger partial charge in [0, 0.05) is 23.7 Å². The third-order valence-electron chi connectivity index (χ3n) is 4.19. The number of carbonyl (C=O) groups excluding carboxylic acids is 1. The maximum atomic E-state index is 12.9. The van der Waals surface area contributed by atoms with Crippen molar-refractivity contribution < 1.29 is 9.18 Å². The fourth-order valence-electron chi connectivity index (χ4n) is 2.85. The average Bonchev–Trinajstić information content (AvgIpc) is 2.65. The molecule has 1 N–H and O–H groups in total. The molecule has 4 rings (SSSR count). The van der Waals surface area contributed by atoms with Crippen LogP contribution in [0.1, 0.15) is 15.9 Å². The minimum absolute atomic E-state index is 0.160. The molecule has 0 saturated carbocycles. The van der Waals surface area contributed by atoms with Gasteiger partial charge in [-0.15, -0.1) is 0 Å². The summed E-state index contributed by atoms with van der Waals surface area (Å²) in [5.41, 5.74) is 2.34. The summed E-state index contributed by atoms with van der Waals surface area (Å²) < 4.78 is 12.9. The predicted molar refractivity (Wildman–Crippen MR) is 96.8 cm³/mol. The number of nitrogens with one attached hydrogen (secondary N) is 1. The van der Waals surface area contributed by atoms with Gasteiger partial charge in [-0.05, 0) is 58.8 Å². The van der Waals surface area contributed by atoms with Gasteiger partial charge in [-0.2, -0.15) is 0 Å². The minimum Gasteiger partial charge on any atom is -0.348 e. The molecule has 0 bridgehead atoms. The Hall–Kier alpha value is -3.27.